The second kappa shape index (κ2) is 65.2. The summed E-state index contributed by atoms with van der Waals surface area (Å²) in [6.07, 6.45) is 18.1. The lowest BCUT2D eigenvalue weighted by atomic mass is 9.99. The molecule has 2 N–H and O–H groups in total. The van der Waals surface area contributed by atoms with Crippen molar-refractivity contribution in [2.45, 2.75) is 244 Å². The predicted molar refractivity (Wildman–Crippen MR) is 486 cm³/mol. The van der Waals surface area contributed by atoms with Crippen molar-refractivity contribution in [3.63, 3.8) is 0 Å². The van der Waals surface area contributed by atoms with Gasteiger partial charge < -0.3 is 33.9 Å². The van der Waals surface area contributed by atoms with Crippen molar-refractivity contribution in [2.24, 2.45) is 10.2 Å². The highest BCUT2D eigenvalue weighted by Crippen LogP contribution is 2.26. The van der Waals surface area contributed by atoms with E-state index in [-0.39, 0.29) is 25.3 Å². The number of esters is 5. The van der Waals surface area contributed by atoms with Crippen molar-refractivity contribution >= 4 is 42.0 Å². The van der Waals surface area contributed by atoms with E-state index >= 15 is 0 Å². The van der Waals surface area contributed by atoms with Crippen LogP contribution in [0, 0.1) is 0 Å². The van der Waals surface area contributed by atoms with Crippen LogP contribution < -0.4 is 18.8 Å². The summed E-state index contributed by atoms with van der Waals surface area (Å²) in [5, 5.41) is 23.6. The number of phenols is 1. The number of azo groups is 1. The number of aliphatic hydroxyl groups is 1. The molecular weight excluding hydrogens is 1460 g/mol. The van der Waals surface area contributed by atoms with Crippen LogP contribution in [0.15, 0.2) is 267 Å². The minimum Gasteiger partial charge on any atom is -0.508 e. The first-order valence-electron chi connectivity index (χ1n) is 40.1. The molecule has 0 aliphatic heterocycles. The van der Waals surface area contributed by atoms with Gasteiger partial charge in [-0.3, -0.25) is 19.4 Å². The van der Waals surface area contributed by atoms with E-state index in [1.54, 1.807) is 70.4 Å². The maximum atomic E-state index is 11.3. The van der Waals surface area contributed by atoms with Gasteiger partial charge in [0.05, 0.1) is 26.6 Å². The normalized spacial score (nSPS) is 11.5. The zero-order chi connectivity index (χ0) is 88.0. The Morgan fingerprint density at radius 2 is 0.607 bits per heavy atom. The number of nitrogens with zero attached hydrogens (tertiary/aromatic N) is 4. The number of rotatable bonds is 22. The standard InChI is InChI=1S/2C12H16O2.C10H18N2O4.C10H10O2.C10H14O.3C10H14.C8H8.C7H11N2.CH4O.CH4/c2*1-4-9(2)11-5-7-12(8-6-11)14-10(3)13;1-9(2,7(13)15-5)11-12-10(3,4)8(14)16-6;1-3-9-4-6-10(7-5-9)12-8(2)11;1-3-8(2)9-4-6-10(11)7-5-9;3*1-3-9(2)10-7-5-4-6-8-10;1-2-8-6-4-3-5-7-8;1-7(2)9-5-3-8-4-6-9;1-2;/h2*5-9H,4H2,1-3H3;1-6H3;3-7H,1H2,2H3;4-8,11H,3H2,1-2H3;3*4-9H,3H2,1-2H3;2-7H,1H2;3-7H,1-2H3;2H,1H3;1H4/q;;;;;;;;;+1;;. The van der Waals surface area contributed by atoms with Crippen LogP contribution in [-0.4, -0.2) is 77.5 Å². The minimum absolute atomic E-state index is 0. The Kier molecular flexibility index (Phi) is 61.4. The number of ether oxygens (including phenoxy) is 5. The molecule has 0 radical (unpaired) electrons. The first kappa shape index (κ1) is 110. The molecule has 1 aromatic heterocycles. The van der Waals surface area contributed by atoms with Gasteiger partial charge in [-0.2, -0.15) is 10.2 Å². The van der Waals surface area contributed by atoms with E-state index in [1.165, 1.54) is 93.2 Å². The molecule has 9 aromatic rings. The number of hydrogen-bond donors (Lipinski definition) is 2. The van der Waals surface area contributed by atoms with Crippen molar-refractivity contribution in [2.75, 3.05) is 21.3 Å². The molecule has 9 rings (SSSR count). The highest BCUT2D eigenvalue weighted by molar-refractivity contribution is 5.81. The number of benzene rings is 8. The van der Waals surface area contributed by atoms with Gasteiger partial charge in [0.15, 0.2) is 29.5 Å². The second-order valence-corrected chi connectivity index (χ2v) is 28.6. The van der Waals surface area contributed by atoms with E-state index in [9.17, 15) is 24.0 Å². The lowest BCUT2D eigenvalue weighted by Crippen LogP contribution is -2.34. The van der Waals surface area contributed by atoms with Crippen molar-refractivity contribution in [1.82, 2.24) is 4.98 Å². The van der Waals surface area contributed by atoms with Crippen molar-refractivity contribution in [3.8, 4) is 23.0 Å². The Labute approximate surface area is 705 Å². The summed E-state index contributed by atoms with van der Waals surface area (Å²) < 4.78 is 25.9. The van der Waals surface area contributed by atoms with Crippen molar-refractivity contribution in [3.05, 3.63) is 301 Å². The Bertz CT molecular complexity index is 3840. The van der Waals surface area contributed by atoms with Crippen LogP contribution in [-0.2, 0) is 33.4 Å². The Morgan fingerprint density at radius 3 is 0.812 bits per heavy atom. The monoisotopic (exact) mass is 1600 g/mol. The summed E-state index contributed by atoms with van der Waals surface area (Å²) in [5.74, 6) is 4.08. The molecule has 0 aliphatic carbocycles. The van der Waals surface area contributed by atoms with Crippen LogP contribution >= 0.6 is 0 Å². The molecule has 0 amide bonds. The lowest BCUT2D eigenvalue weighted by Gasteiger charge is -2.19. The molecule has 0 aliphatic rings. The number of aliphatic hydroxyl groups excluding tert-OH is 1. The van der Waals surface area contributed by atoms with Crippen LogP contribution in [0.3, 0.4) is 0 Å². The molecule has 1 heterocycles. The third kappa shape index (κ3) is 50.9. The van der Waals surface area contributed by atoms with Crippen LogP contribution in [0.1, 0.15) is 277 Å². The van der Waals surface area contributed by atoms with Gasteiger partial charge in [-0.05, 0) is 209 Å². The number of aromatic hydroxyl groups is 1. The van der Waals surface area contributed by atoms with Gasteiger partial charge in [-0.1, -0.05) is 286 Å². The number of hydrogen-bond acceptors (Lipinski definition) is 15. The average Bonchev–Trinajstić information content (AvgIpc) is 0.855. The number of carbonyl (C=O) groups is 5. The predicted octanol–water partition coefficient (Wildman–Crippen LogP) is 25.9. The van der Waals surface area contributed by atoms with Gasteiger partial charge in [-0.15, -0.1) is 0 Å². The Morgan fingerprint density at radius 1 is 0.385 bits per heavy atom. The SMILES string of the molecule is C.C=Cc1ccc(OC(C)=O)cc1.C=Cc1ccccc1.CC(C)[n+]1ccncc1.CCC(C)c1ccc(O)cc1.CCC(C)c1ccc(OC(C)=O)cc1.CCC(C)c1ccc(OC(C)=O)cc1.CCC(C)c1ccccc1.CCC(C)c1ccccc1.CCC(C)c1ccccc1.CO.COC(=O)C(C)(C)N=NC(C)(C)C(=O)OC. The van der Waals surface area contributed by atoms with Gasteiger partial charge in [0.25, 0.3) is 0 Å². The van der Waals surface area contributed by atoms with E-state index in [4.69, 9.17) is 24.4 Å². The zero-order valence-electron chi connectivity index (χ0n) is 74.2. The van der Waals surface area contributed by atoms with Crippen molar-refractivity contribution < 1.29 is 62.4 Å². The summed E-state index contributed by atoms with van der Waals surface area (Å²) >= 11 is 0. The van der Waals surface area contributed by atoms with E-state index in [0.717, 1.165) is 31.9 Å². The minimum atomic E-state index is -1.11. The zero-order valence-corrected chi connectivity index (χ0v) is 74.2. The van der Waals surface area contributed by atoms with E-state index in [1.807, 2.05) is 122 Å². The molecule has 0 saturated carbocycles. The molecule has 0 bridgehead atoms. The Hall–Kier alpha value is -11.0. The van der Waals surface area contributed by atoms with E-state index in [0.29, 0.717) is 64.5 Å². The van der Waals surface area contributed by atoms with E-state index < -0.39 is 23.0 Å². The first-order valence-corrected chi connectivity index (χ1v) is 40.1. The number of methoxy groups -OCH3 is 2. The maximum absolute atomic E-state index is 11.3. The topological polar surface area (TPSA) is 213 Å². The molecule has 117 heavy (non-hydrogen) atoms. The summed E-state index contributed by atoms with van der Waals surface area (Å²) in [6, 6.07) is 72.4. The highest BCUT2D eigenvalue weighted by Gasteiger charge is 2.33. The van der Waals surface area contributed by atoms with Gasteiger partial charge in [0.1, 0.15) is 23.0 Å². The van der Waals surface area contributed by atoms with Gasteiger partial charge in [0.2, 0.25) is 0 Å². The summed E-state index contributed by atoms with van der Waals surface area (Å²) in [4.78, 5) is 58.4. The number of phenolic OH excluding ortho intramolecular Hbond substituents is 1. The first-order chi connectivity index (χ1) is 55.2. The van der Waals surface area contributed by atoms with Gasteiger partial charge >= 0.3 is 29.8 Å². The summed E-state index contributed by atoms with van der Waals surface area (Å²) in [5.41, 5.74) is 8.16. The molecule has 6 unspecified atom stereocenters. The fourth-order valence-corrected chi connectivity index (χ4v) is 9.56. The maximum Gasteiger partial charge on any atom is 0.335 e. The fraction of sp³-hybridized carbons (Fsp3) is 0.396. The fourth-order valence-electron chi connectivity index (χ4n) is 9.56. The summed E-state index contributed by atoms with van der Waals surface area (Å²) in [6.45, 7) is 48.4. The molecule has 16 heteroatoms. The smallest absolute Gasteiger partial charge is 0.335 e. The summed E-state index contributed by atoms with van der Waals surface area (Å²) in [7, 11) is 3.54. The number of carbonyl (C=O) groups excluding carboxylic acids is 5. The largest absolute Gasteiger partial charge is 0.508 e. The van der Waals surface area contributed by atoms with Crippen LogP contribution in [0.4, 0.5) is 0 Å². The third-order valence-corrected chi connectivity index (χ3v) is 18.2. The molecule has 0 fully saturated rings. The average molecular weight is 1610 g/mol. The van der Waals surface area contributed by atoms with Crippen LogP contribution in [0.5, 0.6) is 23.0 Å². The molecule has 0 saturated heterocycles. The molecule has 8 aromatic carbocycles. The Balaban J connectivity index is -0.00000124. The van der Waals surface area contributed by atoms with E-state index in [2.05, 4.69) is 230 Å². The highest BCUT2D eigenvalue weighted by atomic mass is 16.5. The molecule has 16 nitrogen and oxygen atoms in total. The van der Waals surface area contributed by atoms with Crippen molar-refractivity contribution in [1.29, 1.82) is 0 Å². The van der Waals surface area contributed by atoms with Crippen LogP contribution in [0.25, 0.3) is 12.2 Å². The molecular formula is C101H143N4O12+. The molecule has 638 valence electrons. The number of aromatic nitrogens is 2. The quantitative estimate of drug-likeness (QED) is 0.0280. The van der Waals surface area contributed by atoms with Gasteiger partial charge in [-0.25, -0.2) is 14.2 Å². The molecule has 6 atom stereocenters. The molecule has 0 spiro atoms. The van der Waals surface area contributed by atoms with Gasteiger partial charge in [0, 0.05) is 27.9 Å². The third-order valence-electron chi connectivity index (χ3n) is 18.2. The van der Waals surface area contributed by atoms with Crippen LogP contribution in [0.2, 0.25) is 0 Å². The lowest BCUT2D eigenvalue weighted by molar-refractivity contribution is -0.716. The second-order valence-electron chi connectivity index (χ2n) is 28.6.